The van der Waals surface area contributed by atoms with Crippen molar-refractivity contribution < 1.29 is 9.21 Å². The molecule has 0 bridgehead atoms. The number of carbonyl (C=O) groups is 1. The molecule has 0 aliphatic rings. The van der Waals surface area contributed by atoms with Crippen LogP contribution < -0.4 is 5.32 Å². The molecule has 0 aliphatic carbocycles. The number of fused-ring (bicyclic) bond motifs is 1. The van der Waals surface area contributed by atoms with Gasteiger partial charge >= 0.3 is 0 Å². The molecule has 2 aromatic heterocycles. The largest absolute Gasteiger partial charge is 0.469 e. The Balaban J connectivity index is 1.57. The third-order valence-corrected chi connectivity index (χ3v) is 5.39. The number of hydrogen-bond donors (Lipinski definition) is 1. The molecule has 4 rings (SSSR count). The van der Waals surface area contributed by atoms with Gasteiger partial charge in [0.25, 0.3) is 5.91 Å². The lowest BCUT2D eigenvalue weighted by atomic mass is 10.1. The summed E-state index contributed by atoms with van der Waals surface area (Å²) in [6, 6.07) is 14.0. The van der Waals surface area contributed by atoms with Gasteiger partial charge in [0.05, 0.1) is 22.0 Å². The molecule has 0 spiro atoms. The summed E-state index contributed by atoms with van der Waals surface area (Å²) in [6.07, 6.45) is 1.60. The van der Waals surface area contributed by atoms with Crippen LogP contribution in [-0.4, -0.2) is 10.9 Å². The maximum Gasteiger partial charge on any atom is 0.259 e. The fraction of sp³-hybridized carbons (Fsp3) is 0.143. The molecule has 4 aromatic rings. The second kappa shape index (κ2) is 6.42. The van der Waals surface area contributed by atoms with E-state index in [0.29, 0.717) is 11.3 Å². The van der Waals surface area contributed by atoms with Crippen molar-refractivity contribution in [2.75, 3.05) is 5.32 Å². The highest BCUT2D eigenvalue weighted by Crippen LogP contribution is 2.31. The van der Waals surface area contributed by atoms with Gasteiger partial charge in [-0.05, 0) is 62.7 Å². The predicted molar refractivity (Wildman–Crippen MR) is 106 cm³/mol. The summed E-state index contributed by atoms with van der Waals surface area (Å²) >= 11 is 1.68. The van der Waals surface area contributed by atoms with Gasteiger partial charge in [0.2, 0.25) is 0 Å². The van der Waals surface area contributed by atoms with Gasteiger partial charge in [-0.25, -0.2) is 4.98 Å². The first-order chi connectivity index (χ1) is 12.5. The number of thiazole rings is 1. The second-order valence-corrected chi connectivity index (χ2v) is 7.40. The molecule has 0 unspecified atom stereocenters. The highest BCUT2D eigenvalue weighted by molar-refractivity contribution is 7.21. The number of rotatable bonds is 3. The van der Waals surface area contributed by atoms with Crippen molar-refractivity contribution in [1.29, 1.82) is 0 Å². The zero-order chi connectivity index (χ0) is 18.3. The predicted octanol–water partition coefficient (Wildman–Crippen LogP) is 5.73. The average Bonchev–Trinajstić information content (AvgIpc) is 3.18. The maximum absolute atomic E-state index is 12.4. The number of anilines is 1. The number of nitrogens with one attached hydrogen (secondary N) is 1. The lowest BCUT2D eigenvalue weighted by molar-refractivity contribution is 0.102. The van der Waals surface area contributed by atoms with Gasteiger partial charge in [0.15, 0.2) is 0 Å². The van der Waals surface area contributed by atoms with E-state index in [1.54, 1.807) is 24.5 Å². The molecule has 0 atom stereocenters. The van der Waals surface area contributed by atoms with Crippen molar-refractivity contribution in [3.8, 4) is 10.6 Å². The van der Waals surface area contributed by atoms with Crippen molar-refractivity contribution >= 4 is 33.1 Å². The van der Waals surface area contributed by atoms with Crippen molar-refractivity contribution in [1.82, 2.24) is 4.98 Å². The van der Waals surface area contributed by atoms with E-state index in [1.165, 1.54) is 10.3 Å². The maximum atomic E-state index is 12.4. The zero-order valence-corrected chi connectivity index (χ0v) is 15.6. The Hall–Kier alpha value is -2.92. The number of hydrogen-bond acceptors (Lipinski definition) is 4. The summed E-state index contributed by atoms with van der Waals surface area (Å²) in [5.41, 5.74) is 5.46. The molecule has 5 heteroatoms. The summed E-state index contributed by atoms with van der Waals surface area (Å²) in [4.78, 5) is 17.1. The first kappa shape index (κ1) is 16.5. The van der Waals surface area contributed by atoms with Crippen molar-refractivity contribution in [2.45, 2.75) is 20.8 Å². The van der Waals surface area contributed by atoms with Crippen LogP contribution >= 0.6 is 11.3 Å². The average molecular weight is 362 g/mol. The zero-order valence-electron chi connectivity index (χ0n) is 14.8. The van der Waals surface area contributed by atoms with Gasteiger partial charge in [-0.2, -0.15) is 0 Å². The van der Waals surface area contributed by atoms with Crippen LogP contribution in [-0.2, 0) is 0 Å². The van der Waals surface area contributed by atoms with Crippen molar-refractivity contribution in [3.63, 3.8) is 0 Å². The summed E-state index contributed by atoms with van der Waals surface area (Å²) in [7, 11) is 0. The SMILES string of the molecule is Cc1ccc2nc(-c3ccc(NC(=O)c4c(C)coc4C)cc3)sc2c1. The van der Waals surface area contributed by atoms with Crippen molar-refractivity contribution in [3.05, 3.63) is 71.2 Å². The smallest absolute Gasteiger partial charge is 0.259 e. The summed E-state index contributed by atoms with van der Waals surface area (Å²) in [6.45, 7) is 5.74. The Labute approximate surface area is 155 Å². The van der Waals surface area contributed by atoms with E-state index in [0.717, 1.165) is 27.3 Å². The molecule has 2 heterocycles. The molecular formula is C21H18N2O2S. The first-order valence-electron chi connectivity index (χ1n) is 8.35. The molecule has 0 fully saturated rings. The third kappa shape index (κ3) is 3.02. The molecule has 0 saturated carbocycles. The molecule has 130 valence electrons. The fourth-order valence-electron chi connectivity index (χ4n) is 2.96. The van der Waals surface area contributed by atoms with E-state index in [1.807, 2.05) is 31.2 Å². The number of amides is 1. The Morgan fingerprint density at radius 3 is 2.54 bits per heavy atom. The normalized spacial score (nSPS) is 11.0. The lowest BCUT2D eigenvalue weighted by Gasteiger charge is -2.06. The van der Waals surface area contributed by atoms with Crippen LogP contribution in [0.15, 0.2) is 53.1 Å². The number of aromatic nitrogens is 1. The van der Waals surface area contributed by atoms with Crippen LogP contribution in [0.25, 0.3) is 20.8 Å². The third-order valence-electron chi connectivity index (χ3n) is 4.32. The molecule has 26 heavy (non-hydrogen) atoms. The molecule has 4 nitrogen and oxygen atoms in total. The van der Waals surface area contributed by atoms with E-state index in [4.69, 9.17) is 9.40 Å². The van der Waals surface area contributed by atoms with Gasteiger partial charge in [0, 0.05) is 16.8 Å². The van der Waals surface area contributed by atoms with Crippen molar-refractivity contribution in [2.24, 2.45) is 0 Å². The van der Waals surface area contributed by atoms with Crippen LogP contribution in [0.1, 0.15) is 27.2 Å². The molecule has 2 aromatic carbocycles. The van der Waals surface area contributed by atoms with Crippen LogP contribution in [0, 0.1) is 20.8 Å². The van der Waals surface area contributed by atoms with Gasteiger partial charge in [-0.3, -0.25) is 4.79 Å². The molecule has 0 radical (unpaired) electrons. The minimum atomic E-state index is -0.156. The number of benzene rings is 2. The first-order valence-corrected chi connectivity index (χ1v) is 9.16. The summed E-state index contributed by atoms with van der Waals surface area (Å²) in [5, 5.41) is 3.90. The minimum Gasteiger partial charge on any atom is -0.469 e. The summed E-state index contributed by atoms with van der Waals surface area (Å²) in [5.74, 6) is 0.471. The van der Waals surface area contributed by atoms with E-state index < -0.39 is 0 Å². The topological polar surface area (TPSA) is 55.1 Å². The van der Waals surface area contributed by atoms with Gasteiger partial charge < -0.3 is 9.73 Å². The molecular weight excluding hydrogens is 344 g/mol. The standard InChI is InChI=1S/C21H18N2O2S/c1-12-4-9-17-18(10-12)26-21(23-17)15-5-7-16(8-6-15)22-20(24)19-13(2)11-25-14(19)3/h4-11H,1-3H3,(H,22,24). The van der Waals surface area contributed by atoms with Gasteiger partial charge in [0.1, 0.15) is 10.8 Å². The van der Waals surface area contributed by atoms with Crippen LogP contribution in [0.4, 0.5) is 5.69 Å². The Kier molecular flexibility index (Phi) is 4.09. The van der Waals surface area contributed by atoms with E-state index in [-0.39, 0.29) is 5.91 Å². The van der Waals surface area contributed by atoms with E-state index in [2.05, 4.69) is 30.4 Å². The van der Waals surface area contributed by atoms with Gasteiger partial charge in [-0.15, -0.1) is 11.3 Å². The quantitative estimate of drug-likeness (QED) is 0.506. The molecule has 0 aliphatic heterocycles. The molecule has 1 N–H and O–H groups in total. The molecule has 1 amide bonds. The van der Waals surface area contributed by atoms with Crippen LogP contribution in [0.5, 0.6) is 0 Å². The Morgan fingerprint density at radius 1 is 1.08 bits per heavy atom. The lowest BCUT2D eigenvalue weighted by Crippen LogP contribution is -2.13. The molecule has 0 saturated heterocycles. The minimum absolute atomic E-state index is 0.156. The van der Waals surface area contributed by atoms with E-state index in [9.17, 15) is 4.79 Å². The van der Waals surface area contributed by atoms with Crippen LogP contribution in [0.2, 0.25) is 0 Å². The monoisotopic (exact) mass is 362 g/mol. The summed E-state index contributed by atoms with van der Waals surface area (Å²) < 4.78 is 6.48. The number of carbonyl (C=O) groups excluding carboxylic acids is 1. The number of furan rings is 1. The number of aryl methyl sites for hydroxylation is 3. The van der Waals surface area contributed by atoms with Gasteiger partial charge in [-0.1, -0.05) is 6.07 Å². The van der Waals surface area contributed by atoms with E-state index >= 15 is 0 Å². The number of nitrogens with zero attached hydrogens (tertiary/aromatic N) is 1. The highest BCUT2D eigenvalue weighted by atomic mass is 32.1. The second-order valence-electron chi connectivity index (χ2n) is 6.37. The Bertz CT molecular complexity index is 1090. The fourth-order valence-corrected chi connectivity index (χ4v) is 4.03. The highest BCUT2D eigenvalue weighted by Gasteiger charge is 2.16. The van der Waals surface area contributed by atoms with Crippen LogP contribution in [0.3, 0.4) is 0 Å². The Morgan fingerprint density at radius 2 is 1.85 bits per heavy atom.